The fraction of sp³-hybridized carbons (Fsp3) is 0.619. The summed E-state index contributed by atoms with van der Waals surface area (Å²) < 4.78 is 5.42. The zero-order valence-electron chi connectivity index (χ0n) is 16.2. The van der Waals surface area contributed by atoms with E-state index >= 15 is 0 Å². The Balaban J connectivity index is 1.35. The number of benzene rings is 1. The second-order valence-corrected chi connectivity index (χ2v) is 8.86. The molecule has 7 heteroatoms. The van der Waals surface area contributed by atoms with Crippen molar-refractivity contribution in [3.63, 3.8) is 0 Å². The van der Waals surface area contributed by atoms with Gasteiger partial charge >= 0.3 is 6.03 Å². The lowest BCUT2D eigenvalue weighted by Crippen LogP contribution is -2.68. The van der Waals surface area contributed by atoms with Crippen LogP contribution in [0.15, 0.2) is 24.3 Å². The predicted molar refractivity (Wildman–Crippen MR) is 107 cm³/mol. The number of likely N-dealkylation sites (N-methyl/N-ethyl adjacent to an activating group) is 1. The van der Waals surface area contributed by atoms with Crippen LogP contribution in [0.4, 0.5) is 4.79 Å². The highest BCUT2D eigenvalue weighted by molar-refractivity contribution is 6.30. The van der Waals surface area contributed by atoms with E-state index in [4.69, 9.17) is 16.3 Å². The van der Waals surface area contributed by atoms with Gasteiger partial charge in [0.25, 0.3) is 0 Å². The minimum Gasteiger partial charge on any atom is -0.379 e. The van der Waals surface area contributed by atoms with Crippen molar-refractivity contribution >= 4 is 23.5 Å². The van der Waals surface area contributed by atoms with Crippen LogP contribution in [-0.2, 0) is 16.1 Å². The standard InChI is InChI=1S/C21H28ClN3O3/c1-25(16-7-10-28-13-16)19(26)17-11-21(8-2-9-21)18(17)24-20(27)23-12-14-3-5-15(22)6-4-14/h3-6,16-18H,2,7-13H2,1H3,(H2,23,24,27)/t16-,17?,18?/m1/s1. The summed E-state index contributed by atoms with van der Waals surface area (Å²) in [7, 11) is 1.87. The molecule has 1 aliphatic heterocycles. The van der Waals surface area contributed by atoms with Gasteiger partial charge < -0.3 is 20.3 Å². The number of hydrogen-bond donors (Lipinski definition) is 2. The van der Waals surface area contributed by atoms with E-state index in [-0.39, 0.29) is 35.4 Å². The first kappa shape index (κ1) is 19.5. The Hall–Kier alpha value is -1.79. The van der Waals surface area contributed by atoms with Gasteiger partial charge in [0.05, 0.1) is 18.6 Å². The molecule has 0 radical (unpaired) electrons. The Bertz CT molecular complexity index is 729. The molecule has 2 aliphatic carbocycles. The van der Waals surface area contributed by atoms with Gasteiger partial charge in [0.2, 0.25) is 5.91 Å². The van der Waals surface area contributed by atoms with E-state index in [1.807, 2.05) is 36.2 Å². The van der Waals surface area contributed by atoms with Crippen molar-refractivity contribution in [3.8, 4) is 0 Å². The molecule has 3 fully saturated rings. The first-order chi connectivity index (χ1) is 13.5. The van der Waals surface area contributed by atoms with Gasteiger partial charge in [-0.3, -0.25) is 4.79 Å². The van der Waals surface area contributed by atoms with Gasteiger partial charge in [-0.05, 0) is 48.8 Å². The molecule has 3 amide bonds. The number of amides is 3. The lowest BCUT2D eigenvalue weighted by Gasteiger charge is -2.60. The summed E-state index contributed by atoms with van der Waals surface area (Å²) >= 11 is 5.90. The van der Waals surface area contributed by atoms with Gasteiger partial charge in [0.15, 0.2) is 0 Å². The minimum absolute atomic E-state index is 0.0799. The summed E-state index contributed by atoms with van der Waals surface area (Å²) in [5.74, 6) is 0.00297. The maximum Gasteiger partial charge on any atom is 0.315 e. The van der Waals surface area contributed by atoms with Crippen molar-refractivity contribution in [1.82, 2.24) is 15.5 Å². The van der Waals surface area contributed by atoms with Crippen LogP contribution in [0.5, 0.6) is 0 Å². The van der Waals surface area contributed by atoms with Crippen LogP contribution in [-0.4, -0.2) is 49.2 Å². The fourth-order valence-corrected chi connectivity index (χ4v) is 4.95. The van der Waals surface area contributed by atoms with E-state index in [9.17, 15) is 9.59 Å². The largest absolute Gasteiger partial charge is 0.379 e. The zero-order chi connectivity index (χ0) is 19.7. The molecule has 1 aromatic carbocycles. The second kappa shape index (κ2) is 7.91. The average Bonchev–Trinajstić information content (AvgIpc) is 3.17. The topological polar surface area (TPSA) is 70.7 Å². The Morgan fingerprint density at radius 3 is 2.64 bits per heavy atom. The third-order valence-electron chi connectivity index (χ3n) is 6.81. The molecule has 0 bridgehead atoms. The molecular weight excluding hydrogens is 378 g/mol. The average molecular weight is 406 g/mol. The van der Waals surface area contributed by atoms with E-state index in [0.29, 0.717) is 24.8 Å². The molecule has 3 atom stereocenters. The summed E-state index contributed by atoms with van der Waals surface area (Å²) in [6.45, 7) is 1.76. The summed E-state index contributed by atoms with van der Waals surface area (Å²) in [6, 6.07) is 7.27. The molecule has 2 saturated carbocycles. The molecule has 0 aromatic heterocycles. The van der Waals surface area contributed by atoms with Crippen molar-refractivity contribution in [3.05, 3.63) is 34.9 Å². The summed E-state index contributed by atoms with van der Waals surface area (Å²) in [4.78, 5) is 27.4. The monoisotopic (exact) mass is 405 g/mol. The lowest BCUT2D eigenvalue weighted by atomic mass is 9.48. The maximum atomic E-state index is 13.0. The molecule has 1 saturated heterocycles. The summed E-state index contributed by atoms with van der Waals surface area (Å²) in [6.07, 6.45) is 5.13. The third-order valence-corrected chi connectivity index (χ3v) is 7.06. The smallest absolute Gasteiger partial charge is 0.315 e. The minimum atomic E-state index is -0.212. The van der Waals surface area contributed by atoms with Crippen LogP contribution in [0.3, 0.4) is 0 Å². The molecule has 3 aliphatic rings. The fourth-order valence-electron chi connectivity index (χ4n) is 4.82. The maximum absolute atomic E-state index is 13.0. The second-order valence-electron chi connectivity index (χ2n) is 8.42. The molecule has 1 aromatic rings. The molecule has 1 heterocycles. The number of carbonyl (C=O) groups excluding carboxylic acids is 2. The number of rotatable bonds is 5. The van der Waals surface area contributed by atoms with Crippen LogP contribution >= 0.6 is 11.6 Å². The third kappa shape index (κ3) is 3.72. The molecule has 1 spiro atoms. The lowest BCUT2D eigenvalue weighted by molar-refractivity contribution is -0.154. The van der Waals surface area contributed by atoms with E-state index in [0.717, 1.165) is 31.2 Å². The number of nitrogens with one attached hydrogen (secondary N) is 2. The molecular formula is C21H28ClN3O3. The first-order valence-corrected chi connectivity index (χ1v) is 10.5. The molecule has 2 unspecified atom stereocenters. The Kier molecular flexibility index (Phi) is 5.52. The number of hydrogen-bond acceptors (Lipinski definition) is 3. The zero-order valence-corrected chi connectivity index (χ0v) is 17.0. The predicted octanol–water partition coefficient (Wildman–Crippen LogP) is 2.95. The summed E-state index contributed by atoms with van der Waals surface area (Å²) in [5, 5.41) is 6.70. The van der Waals surface area contributed by atoms with E-state index < -0.39 is 0 Å². The molecule has 4 rings (SSSR count). The van der Waals surface area contributed by atoms with Crippen molar-refractivity contribution in [2.24, 2.45) is 11.3 Å². The van der Waals surface area contributed by atoms with E-state index in [1.165, 1.54) is 6.42 Å². The van der Waals surface area contributed by atoms with Gasteiger partial charge in [-0.25, -0.2) is 4.79 Å². The van der Waals surface area contributed by atoms with E-state index in [2.05, 4.69) is 10.6 Å². The van der Waals surface area contributed by atoms with Crippen LogP contribution in [0.25, 0.3) is 0 Å². The van der Waals surface area contributed by atoms with Crippen LogP contribution in [0.2, 0.25) is 5.02 Å². The highest BCUT2D eigenvalue weighted by atomic mass is 35.5. The highest BCUT2D eigenvalue weighted by Crippen LogP contribution is 2.59. The van der Waals surface area contributed by atoms with Crippen LogP contribution in [0.1, 0.15) is 37.7 Å². The highest BCUT2D eigenvalue weighted by Gasteiger charge is 2.60. The number of halogens is 1. The molecule has 6 nitrogen and oxygen atoms in total. The Morgan fingerprint density at radius 1 is 1.29 bits per heavy atom. The van der Waals surface area contributed by atoms with Gasteiger partial charge in [-0.2, -0.15) is 0 Å². The van der Waals surface area contributed by atoms with Crippen molar-refractivity contribution in [2.45, 2.75) is 50.7 Å². The first-order valence-electron chi connectivity index (χ1n) is 10.1. The van der Waals surface area contributed by atoms with Gasteiger partial charge in [-0.15, -0.1) is 0 Å². The molecule has 2 N–H and O–H groups in total. The van der Waals surface area contributed by atoms with Crippen molar-refractivity contribution in [1.29, 1.82) is 0 Å². The number of urea groups is 1. The van der Waals surface area contributed by atoms with Crippen molar-refractivity contribution < 1.29 is 14.3 Å². The molecule has 152 valence electrons. The normalized spacial score (nSPS) is 27.6. The number of ether oxygens (including phenoxy) is 1. The van der Waals surface area contributed by atoms with Crippen LogP contribution < -0.4 is 10.6 Å². The number of carbonyl (C=O) groups is 2. The van der Waals surface area contributed by atoms with Gasteiger partial charge in [-0.1, -0.05) is 30.2 Å². The molecule has 28 heavy (non-hydrogen) atoms. The number of nitrogens with zero attached hydrogens (tertiary/aromatic N) is 1. The van der Waals surface area contributed by atoms with Crippen LogP contribution in [0, 0.1) is 11.3 Å². The quantitative estimate of drug-likeness (QED) is 0.791. The van der Waals surface area contributed by atoms with E-state index in [1.54, 1.807) is 0 Å². The Labute approximate surface area is 170 Å². The van der Waals surface area contributed by atoms with Crippen molar-refractivity contribution in [2.75, 3.05) is 20.3 Å². The SMILES string of the molecule is CN(C(=O)C1CC2(CCC2)C1NC(=O)NCc1ccc(Cl)cc1)[C@@H]1CCOC1. The van der Waals surface area contributed by atoms with Gasteiger partial charge in [0, 0.05) is 31.3 Å². The Morgan fingerprint density at radius 2 is 2.04 bits per heavy atom. The summed E-state index contributed by atoms with van der Waals surface area (Å²) in [5.41, 5.74) is 1.10. The van der Waals surface area contributed by atoms with Gasteiger partial charge in [0.1, 0.15) is 0 Å².